The number of ketones is 1. The van der Waals surface area contributed by atoms with E-state index in [4.69, 9.17) is 15.8 Å². The van der Waals surface area contributed by atoms with Gasteiger partial charge < -0.3 is 19.6 Å². The molecule has 0 saturated heterocycles. The Balaban J connectivity index is 0.000000239. The number of carbonyl (C=O) groups is 1. The Morgan fingerprint density at radius 1 is 0.844 bits per heavy atom. The van der Waals surface area contributed by atoms with Crippen molar-refractivity contribution < 1.29 is 40.9 Å². The van der Waals surface area contributed by atoms with Crippen LogP contribution in [0.25, 0.3) is 22.0 Å². The number of aromatic nitrogens is 1. The van der Waals surface area contributed by atoms with Gasteiger partial charge in [0.25, 0.3) is 0 Å². The fraction of sp³-hybridized carbons (Fsp3) is 0.211. The Hall–Kier alpha value is -4.19. The number of fused-ring (bicyclic) bond motifs is 5. The molecule has 0 aliphatic carbocycles. The summed E-state index contributed by atoms with van der Waals surface area (Å²) in [7, 11) is 0. The van der Waals surface area contributed by atoms with E-state index < -0.39 is 10.8 Å². The molecular weight excluding hydrogens is 737 g/mol. The number of allylic oxidation sites excluding steroid dienone is 2. The summed E-state index contributed by atoms with van der Waals surface area (Å²) in [4.78, 5) is 16.4. The first-order valence-corrected chi connectivity index (χ1v) is 14.8. The zero-order valence-corrected chi connectivity index (χ0v) is 28.6. The molecule has 4 aromatic carbocycles. The van der Waals surface area contributed by atoms with E-state index >= 15 is 0 Å². The molecule has 0 amide bonds. The predicted octanol–water partition coefficient (Wildman–Crippen LogP) is 7.52. The summed E-state index contributed by atoms with van der Waals surface area (Å²) in [6.45, 7) is 10.6. The van der Waals surface area contributed by atoms with Crippen molar-refractivity contribution in [1.29, 1.82) is 0 Å². The van der Waals surface area contributed by atoms with E-state index in [9.17, 15) is 9.90 Å². The number of carbonyl (C=O) groups excluding carboxylic acids is 1. The van der Waals surface area contributed by atoms with Gasteiger partial charge in [-0.25, -0.2) is 0 Å². The molecule has 0 bridgehead atoms. The van der Waals surface area contributed by atoms with Crippen molar-refractivity contribution in [2.24, 2.45) is 10.8 Å². The number of pyridine rings is 1. The van der Waals surface area contributed by atoms with Gasteiger partial charge in [-0.3, -0.25) is 4.79 Å². The molecule has 0 spiro atoms. The molecule has 3 heterocycles. The number of aliphatic hydroxyl groups is 1. The van der Waals surface area contributed by atoms with Crippen molar-refractivity contribution in [3.05, 3.63) is 109 Å². The number of ether oxygens (including phenoxy) is 2. The van der Waals surface area contributed by atoms with Crippen LogP contribution in [0.3, 0.4) is 0 Å². The maximum absolute atomic E-state index is 11.6. The van der Waals surface area contributed by atoms with Crippen LogP contribution >= 0.6 is 0 Å². The minimum absolute atomic E-state index is 0. The molecule has 1 N–H and O–H groups in total. The van der Waals surface area contributed by atoms with Gasteiger partial charge in [0.05, 0.1) is 1.37 Å². The van der Waals surface area contributed by atoms with Crippen LogP contribution in [0.1, 0.15) is 42.9 Å². The molecule has 45 heavy (non-hydrogen) atoms. The van der Waals surface area contributed by atoms with Crippen molar-refractivity contribution in [2.45, 2.75) is 41.5 Å². The monoisotopic (exact) mass is 774 g/mol. The molecular formula is C38H35BIrNO4-. The Bertz CT molecular complexity index is 1990. The number of para-hydroxylation sites is 1. The summed E-state index contributed by atoms with van der Waals surface area (Å²) in [5.74, 6) is 2.92. The van der Waals surface area contributed by atoms with Gasteiger partial charge in [-0.1, -0.05) is 102 Å². The Labute approximate surface area is 280 Å². The summed E-state index contributed by atoms with van der Waals surface area (Å²) < 4.78 is 20.3. The first-order valence-electron chi connectivity index (χ1n) is 15.3. The van der Waals surface area contributed by atoms with Crippen molar-refractivity contribution in [1.82, 2.24) is 4.98 Å². The molecule has 2 aliphatic heterocycles. The molecule has 229 valence electrons. The van der Waals surface area contributed by atoms with E-state index in [0.29, 0.717) is 0 Å². The Morgan fingerprint density at radius 2 is 1.49 bits per heavy atom. The summed E-state index contributed by atoms with van der Waals surface area (Å²) in [6.07, 6.45) is 1.91. The standard InChI is InChI=1S/C27H15BNO2.C11H20O2.Ir/c1-2-8-18-16-29-22(15-17(18)7-1)19-9-5-11-21-27(19)31-25-14-6-13-24-26(25)28(21)20-10-3-4-12-23(20)30-24;1-10(2,3)8(12)7-9(13)11(4,5)6;/h1-8,10-16H;7,12H,1-6H3;/q-1;;/b;8-7-;/i;7D;. The molecule has 7 rings (SSSR count). The van der Waals surface area contributed by atoms with Crippen molar-refractivity contribution in [2.75, 3.05) is 0 Å². The maximum Gasteiger partial charge on any atom is 0.241 e. The van der Waals surface area contributed by atoms with Gasteiger partial charge in [0.15, 0.2) is 5.78 Å². The fourth-order valence-electron chi connectivity index (χ4n) is 5.24. The van der Waals surface area contributed by atoms with Crippen LogP contribution < -0.4 is 25.9 Å². The van der Waals surface area contributed by atoms with Gasteiger partial charge in [-0.15, -0.1) is 23.7 Å². The normalized spacial score (nSPS) is 13.6. The molecule has 1 aromatic heterocycles. The van der Waals surface area contributed by atoms with E-state index in [2.05, 4.69) is 42.5 Å². The minimum atomic E-state index is -0.615. The van der Waals surface area contributed by atoms with Crippen molar-refractivity contribution in [3.8, 4) is 34.3 Å². The largest absolute Gasteiger partial charge is 0.512 e. The quantitative estimate of drug-likeness (QED) is 0.0853. The van der Waals surface area contributed by atoms with Crippen LogP contribution in [0.5, 0.6) is 23.0 Å². The van der Waals surface area contributed by atoms with Gasteiger partial charge in [-0.05, 0) is 40.1 Å². The molecule has 7 heteroatoms. The number of benzene rings is 4. The first kappa shape index (κ1) is 30.8. The fourth-order valence-corrected chi connectivity index (χ4v) is 5.24. The van der Waals surface area contributed by atoms with Gasteiger partial charge in [-0.2, -0.15) is 0 Å². The molecule has 5 nitrogen and oxygen atoms in total. The van der Waals surface area contributed by atoms with Crippen LogP contribution in [-0.4, -0.2) is 22.6 Å². The first-order chi connectivity index (χ1) is 21.3. The smallest absolute Gasteiger partial charge is 0.241 e. The summed E-state index contributed by atoms with van der Waals surface area (Å²) in [5.41, 5.74) is 3.92. The SMILES string of the molecule is [2H]/C(C(=O)C(C)(C)C)=C(/O)C(C)(C)C.[Ir].[c-]1ccc2c(c1-c1cc3ccccc3cn1)Oc1cccc3c1B2c1ccccc1O3. The van der Waals surface area contributed by atoms with Crippen molar-refractivity contribution in [3.63, 3.8) is 0 Å². The molecule has 2 aliphatic rings. The predicted molar refractivity (Wildman–Crippen MR) is 178 cm³/mol. The average Bonchev–Trinajstić information content (AvgIpc) is 3.02. The van der Waals surface area contributed by atoms with E-state index in [1.807, 2.05) is 54.7 Å². The molecule has 0 fully saturated rings. The molecule has 5 aromatic rings. The van der Waals surface area contributed by atoms with Crippen LogP contribution in [0.4, 0.5) is 0 Å². The van der Waals surface area contributed by atoms with E-state index in [0.717, 1.165) is 61.4 Å². The third-order valence-electron chi connectivity index (χ3n) is 7.78. The molecule has 1 radical (unpaired) electrons. The number of nitrogens with zero attached hydrogens (tertiary/aromatic N) is 1. The third kappa shape index (κ3) is 6.33. The zero-order valence-electron chi connectivity index (χ0n) is 27.2. The zero-order chi connectivity index (χ0) is 32.1. The van der Waals surface area contributed by atoms with E-state index in [1.165, 1.54) is 0 Å². The maximum atomic E-state index is 11.6. The van der Waals surface area contributed by atoms with Crippen LogP contribution in [0.15, 0.2) is 103 Å². The second-order valence-corrected chi connectivity index (χ2v) is 13.2. The Morgan fingerprint density at radius 3 is 2.20 bits per heavy atom. The second kappa shape index (κ2) is 12.3. The van der Waals surface area contributed by atoms with E-state index in [-0.39, 0.29) is 44.4 Å². The number of hydrogen-bond donors (Lipinski definition) is 1. The topological polar surface area (TPSA) is 68.7 Å². The van der Waals surface area contributed by atoms with E-state index in [1.54, 1.807) is 41.5 Å². The molecule has 0 saturated carbocycles. The Kier molecular flexibility index (Phi) is 8.43. The molecule has 0 atom stereocenters. The molecule has 0 unspecified atom stereocenters. The van der Waals surface area contributed by atoms with Crippen LogP contribution in [0.2, 0.25) is 0 Å². The number of hydrogen-bond acceptors (Lipinski definition) is 5. The summed E-state index contributed by atoms with van der Waals surface area (Å²) >= 11 is 0. The van der Waals surface area contributed by atoms with Gasteiger partial charge >= 0.3 is 0 Å². The van der Waals surface area contributed by atoms with Crippen LogP contribution in [0, 0.1) is 16.9 Å². The second-order valence-electron chi connectivity index (χ2n) is 13.2. The number of rotatable bonds is 2. The third-order valence-corrected chi connectivity index (χ3v) is 7.78. The summed E-state index contributed by atoms with van der Waals surface area (Å²) in [5, 5.41) is 11.9. The average molecular weight is 774 g/mol. The number of aliphatic hydroxyl groups excluding tert-OH is 1. The van der Waals surface area contributed by atoms with Crippen molar-refractivity contribution >= 4 is 39.7 Å². The van der Waals surface area contributed by atoms with Gasteiger partial charge in [0, 0.05) is 54.4 Å². The van der Waals surface area contributed by atoms with Gasteiger partial charge in [0.1, 0.15) is 23.0 Å². The summed E-state index contributed by atoms with van der Waals surface area (Å²) in [6, 6.07) is 31.8. The van der Waals surface area contributed by atoms with Crippen LogP contribution in [-0.2, 0) is 24.9 Å². The van der Waals surface area contributed by atoms with Gasteiger partial charge in [0.2, 0.25) is 6.71 Å². The minimum Gasteiger partial charge on any atom is -0.512 e.